The number of amides is 2. The summed E-state index contributed by atoms with van der Waals surface area (Å²) in [5.41, 5.74) is -1.41. The monoisotopic (exact) mass is 647 g/mol. The number of hydrogen-bond donors (Lipinski definition) is 1. The highest BCUT2D eigenvalue weighted by molar-refractivity contribution is 9.10. The Kier molecular flexibility index (Phi) is 8.51. The molecular formula is C26H26BrClF3N3O4S. The molecule has 0 unspecified atom stereocenters. The molecule has 2 saturated heterocycles. The standard InChI is InChI=1S/C26H26BrClF3N3O4S/c1-17-14-25(29,24(36)32-11-4-7-23(35)33-15-26(30,31)16-33)10-12-34(17)39(37,38)22-9-8-18(27)13-20(22)19-5-2-3-6-21(19)28/h2-9,13,17H,10-12,14-16H2,1H3,(H,32,36)/b7-4-/t17-,25+/m1/s1. The number of carbonyl (C=O) groups excluding carboxylic acids is 2. The first kappa shape index (κ1) is 29.6. The third kappa shape index (κ3) is 6.34. The van der Waals surface area contributed by atoms with Crippen LogP contribution < -0.4 is 5.32 Å². The Balaban J connectivity index is 1.43. The summed E-state index contributed by atoms with van der Waals surface area (Å²) in [5.74, 6) is -4.44. The van der Waals surface area contributed by atoms with Crippen molar-refractivity contribution in [2.24, 2.45) is 0 Å². The van der Waals surface area contributed by atoms with Crippen LogP contribution in [-0.2, 0) is 19.6 Å². The summed E-state index contributed by atoms with van der Waals surface area (Å²) < 4.78 is 70.8. The summed E-state index contributed by atoms with van der Waals surface area (Å²) in [7, 11) is -4.09. The van der Waals surface area contributed by atoms with Crippen LogP contribution in [0.3, 0.4) is 0 Å². The lowest BCUT2D eigenvalue weighted by Crippen LogP contribution is -2.58. The normalized spacial score (nSPS) is 23.4. The summed E-state index contributed by atoms with van der Waals surface area (Å²) in [5, 5.41) is 2.75. The van der Waals surface area contributed by atoms with E-state index in [1.54, 1.807) is 36.4 Å². The summed E-state index contributed by atoms with van der Waals surface area (Å²) in [6.45, 7) is -0.200. The van der Waals surface area contributed by atoms with E-state index in [9.17, 15) is 26.8 Å². The molecule has 13 heteroatoms. The van der Waals surface area contributed by atoms with Gasteiger partial charge in [0.1, 0.15) is 0 Å². The molecule has 2 heterocycles. The van der Waals surface area contributed by atoms with E-state index in [2.05, 4.69) is 21.2 Å². The minimum Gasteiger partial charge on any atom is -0.350 e. The number of benzene rings is 2. The molecule has 2 aromatic carbocycles. The molecule has 1 N–H and O–H groups in total. The minimum atomic E-state index is -4.09. The molecule has 2 fully saturated rings. The van der Waals surface area contributed by atoms with Crippen molar-refractivity contribution in [3.8, 4) is 11.1 Å². The van der Waals surface area contributed by atoms with E-state index < -0.39 is 52.6 Å². The Bertz CT molecular complexity index is 1420. The summed E-state index contributed by atoms with van der Waals surface area (Å²) in [6.07, 6.45) is 1.56. The molecule has 0 aromatic heterocycles. The van der Waals surface area contributed by atoms with Gasteiger partial charge in [-0.05, 0) is 31.2 Å². The lowest BCUT2D eigenvalue weighted by atomic mass is 9.89. The van der Waals surface area contributed by atoms with Crippen molar-refractivity contribution < 1.29 is 31.2 Å². The number of nitrogens with one attached hydrogen (secondary N) is 1. The van der Waals surface area contributed by atoms with Crippen LogP contribution in [0.1, 0.15) is 19.8 Å². The molecule has 0 spiro atoms. The lowest BCUT2D eigenvalue weighted by Gasteiger charge is -2.39. The second kappa shape index (κ2) is 11.2. The highest BCUT2D eigenvalue weighted by atomic mass is 79.9. The molecule has 2 aliphatic heterocycles. The van der Waals surface area contributed by atoms with Crippen molar-refractivity contribution in [2.45, 2.75) is 42.3 Å². The number of nitrogens with zero attached hydrogens (tertiary/aromatic N) is 2. The molecule has 0 radical (unpaired) electrons. The number of alkyl halides is 3. The second-order valence-corrected chi connectivity index (χ2v) is 12.8. The number of piperidine rings is 1. The van der Waals surface area contributed by atoms with Crippen LogP contribution in [0.2, 0.25) is 5.02 Å². The van der Waals surface area contributed by atoms with Crippen LogP contribution in [0.15, 0.2) is 64.0 Å². The lowest BCUT2D eigenvalue weighted by molar-refractivity contribution is -0.160. The number of carbonyl (C=O) groups is 2. The average molecular weight is 649 g/mol. The van der Waals surface area contributed by atoms with Gasteiger partial charge in [-0.1, -0.05) is 51.8 Å². The Morgan fingerprint density at radius 1 is 1.15 bits per heavy atom. The van der Waals surface area contributed by atoms with Crippen LogP contribution in [-0.4, -0.2) is 73.2 Å². The van der Waals surface area contributed by atoms with Crippen molar-refractivity contribution >= 4 is 49.4 Å². The molecule has 2 aromatic rings. The smallest absolute Gasteiger partial charge is 0.282 e. The van der Waals surface area contributed by atoms with Crippen molar-refractivity contribution in [1.29, 1.82) is 0 Å². The van der Waals surface area contributed by atoms with Gasteiger partial charge >= 0.3 is 0 Å². The third-order valence-electron chi connectivity index (χ3n) is 6.74. The molecule has 0 aliphatic carbocycles. The Hall–Kier alpha value is -2.41. The van der Waals surface area contributed by atoms with Gasteiger partial charge in [-0.15, -0.1) is 0 Å². The number of rotatable bonds is 7. The van der Waals surface area contributed by atoms with E-state index in [0.29, 0.717) is 20.6 Å². The van der Waals surface area contributed by atoms with Gasteiger partial charge in [0.05, 0.1) is 18.0 Å². The zero-order chi connectivity index (χ0) is 28.6. The summed E-state index contributed by atoms with van der Waals surface area (Å²) in [6, 6.07) is 10.7. The highest BCUT2D eigenvalue weighted by Crippen LogP contribution is 2.39. The fourth-order valence-electron chi connectivity index (χ4n) is 4.73. The summed E-state index contributed by atoms with van der Waals surface area (Å²) in [4.78, 5) is 25.4. The van der Waals surface area contributed by atoms with Crippen LogP contribution in [0, 0.1) is 0 Å². The van der Waals surface area contributed by atoms with Crippen LogP contribution in [0.4, 0.5) is 13.2 Å². The van der Waals surface area contributed by atoms with E-state index >= 15 is 4.39 Å². The minimum absolute atomic E-state index is 0.0104. The number of hydrogen-bond acceptors (Lipinski definition) is 4. The zero-order valence-corrected chi connectivity index (χ0v) is 24.0. The first-order valence-corrected chi connectivity index (χ1v) is 14.7. The van der Waals surface area contributed by atoms with Gasteiger partial charge in [-0.25, -0.2) is 21.6 Å². The highest BCUT2D eigenvalue weighted by Gasteiger charge is 2.48. The Morgan fingerprint density at radius 2 is 1.85 bits per heavy atom. The fraction of sp³-hybridized carbons (Fsp3) is 0.385. The maximum absolute atomic E-state index is 15.7. The molecule has 2 amide bonds. The molecule has 7 nitrogen and oxygen atoms in total. The molecule has 2 atom stereocenters. The van der Waals surface area contributed by atoms with Gasteiger partial charge < -0.3 is 10.2 Å². The largest absolute Gasteiger partial charge is 0.350 e. The van der Waals surface area contributed by atoms with Crippen molar-refractivity contribution in [2.75, 3.05) is 26.2 Å². The predicted molar refractivity (Wildman–Crippen MR) is 145 cm³/mol. The molecule has 4 rings (SSSR count). The van der Waals surface area contributed by atoms with Crippen LogP contribution in [0.5, 0.6) is 0 Å². The number of halogens is 5. The Labute approximate surface area is 238 Å². The van der Waals surface area contributed by atoms with E-state index in [1.165, 1.54) is 23.4 Å². The van der Waals surface area contributed by atoms with E-state index in [1.807, 2.05) is 0 Å². The maximum Gasteiger partial charge on any atom is 0.282 e. The Morgan fingerprint density at radius 3 is 2.49 bits per heavy atom. The number of sulfonamides is 1. The van der Waals surface area contributed by atoms with Crippen molar-refractivity contribution in [3.05, 3.63) is 64.1 Å². The fourth-order valence-corrected chi connectivity index (χ4v) is 7.15. The SMILES string of the molecule is C[C@@H]1C[C@](F)(C(=O)NC/C=C\C(=O)N2CC(F)(F)C2)CCN1S(=O)(=O)c1ccc(Br)cc1-c1ccccc1Cl. The quantitative estimate of drug-likeness (QED) is 0.437. The van der Waals surface area contributed by atoms with Gasteiger partial charge in [0.25, 0.3) is 11.8 Å². The van der Waals surface area contributed by atoms with Crippen LogP contribution >= 0.6 is 27.5 Å². The van der Waals surface area contributed by atoms with Gasteiger partial charge in [-0.3, -0.25) is 9.59 Å². The first-order chi connectivity index (χ1) is 18.2. The topological polar surface area (TPSA) is 86.8 Å². The molecular weight excluding hydrogens is 623 g/mol. The van der Waals surface area contributed by atoms with E-state index in [-0.39, 0.29) is 30.8 Å². The van der Waals surface area contributed by atoms with Gasteiger partial charge in [0.15, 0.2) is 5.67 Å². The molecule has 0 bridgehead atoms. The molecule has 0 saturated carbocycles. The molecule has 210 valence electrons. The number of likely N-dealkylation sites (tertiary alicyclic amines) is 1. The van der Waals surface area contributed by atoms with Crippen molar-refractivity contribution in [1.82, 2.24) is 14.5 Å². The summed E-state index contributed by atoms with van der Waals surface area (Å²) >= 11 is 9.73. The van der Waals surface area contributed by atoms with Crippen LogP contribution in [0.25, 0.3) is 11.1 Å². The molecule has 39 heavy (non-hydrogen) atoms. The van der Waals surface area contributed by atoms with Gasteiger partial charge in [0.2, 0.25) is 15.9 Å². The predicted octanol–water partition coefficient (Wildman–Crippen LogP) is 4.80. The average Bonchev–Trinajstić information content (AvgIpc) is 2.84. The van der Waals surface area contributed by atoms with E-state index in [4.69, 9.17) is 11.6 Å². The maximum atomic E-state index is 15.7. The third-order valence-corrected chi connectivity index (χ3v) is 9.63. The second-order valence-electron chi connectivity index (χ2n) is 9.67. The first-order valence-electron chi connectivity index (χ1n) is 12.1. The van der Waals surface area contributed by atoms with E-state index in [0.717, 1.165) is 11.0 Å². The zero-order valence-electron chi connectivity index (χ0n) is 20.8. The molecule has 2 aliphatic rings. The van der Waals surface area contributed by atoms with Gasteiger partial charge in [0, 0.05) is 58.7 Å². The van der Waals surface area contributed by atoms with Crippen molar-refractivity contribution in [3.63, 3.8) is 0 Å². The van der Waals surface area contributed by atoms with Gasteiger partial charge in [-0.2, -0.15) is 4.31 Å².